The van der Waals surface area contributed by atoms with Crippen LogP contribution in [0.15, 0.2) is 48.5 Å². The molecule has 0 aliphatic carbocycles. The molecule has 1 amide bonds. The molecule has 2 aromatic carbocycles. The van der Waals surface area contributed by atoms with Gasteiger partial charge in [-0.1, -0.05) is 30.3 Å². The van der Waals surface area contributed by atoms with Gasteiger partial charge in [0.15, 0.2) is 5.69 Å². The molecular weight excluding hydrogens is 452 g/mol. The van der Waals surface area contributed by atoms with Gasteiger partial charge in [0.2, 0.25) is 0 Å². The van der Waals surface area contributed by atoms with Gasteiger partial charge in [-0.25, -0.2) is 9.78 Å². The molecule has 180 valence electrons. The summed E-state index contributed by atoms with van der Waals surface area (Å²) in [5.41, 5.74) is 1.99. The molecule has 0 N–H and O–H groups in total. The predicted molar refractivity (Wildman–Crippen MR) is 132 cm³/mol. The Morgan fingerprint density at radius 2 is 1.71 bits per heavy atom. The van der Waals surface area contributed by atoms with Gasteiger partial charge >= 0.3 is 5.97 Å². The molecule has 0 aliphatic rings. The quantitative estimate of drug-likeness (QED) is 0.361. The van der Waals surface area contributed by atoms with E-state index >= 15 is 0 Å². The van der Waals surface area contributed by atoms with E-state index in [9.17, 15) is 9.59 Å². The van der Waals surface area contributed by atoms with Crippen molar-refractivity contribution in [2.24, 2.45) is 0 Å². The minimum Gasteiger partial charge on any atom is -0.497 e. The highest BCUT2D eigenvalue weighted by Gasteiger charge is 2.22. The van der Waals surface area contributed by atoms with E-state index in [0.29, 0.717) is 34.3 Å². The van der Waals surface area contributed by atoms with E-state index in [1.54, 1.807) is 44.2 Å². The highest BCUT2D eigenvalue weighted by molar-refractivity contribution is 7.11. The van der Waals surface area contributed by atoms with Crippen LogP contribution in [0.4, 0.5) is 0 Å². The molecule has 0 unspecified atom stereocenters. The minimum atomic E-state index is -0.443. The van der Waals surface area contributed by atoms with E-state index < -0.39 is 5.97 Å². The highest BCUT2D eigenvalue weighted by Crippen LogP contribution is 2.25. The Morgan fingerprint density at radius 1 is 1.03 bits per heavy atom. The van der Waals surface area contributed by atoms with Crippen molar-refractivity contribution in [1.82, 2.24) is 9.88 Å². The summed E-state index contributed by atoms with van der Waals surface area (Å²) in [5.74, 6) is 0.487. The molecule has 0 atom stereocenters. The van der Waals surface area contributed by atoms with E-state index in [-0.39, 0.29) is 19.1 Å². The lowest BCUT2D eigenvalue weighted by Crippen LogP contribution is -2.32. The molecule has 1 aromatic heterocycles. The maximum atomic E-state index is 13.6. The average molecular weight is 483 g/mol. The number of benzene rings is 2. The summed E-state index contributed by atoms with van der Waals surface area (Å²) in [6.07, 6.45) is 1.63. The van der Waals surface area contributed by atoms with Crippen molar-refractivity contribution < 1.29 is 23.8 Å². The molecule has 0 saturated carbocycles. The number of nitrogens with zero attached hydrogens (tertiary/aromatic N) is 2. The number of hydrogen-bond donors (Lipinski definition) is 0. The van der Waals surface area contributed by atoms with Crippen molar-refractivity contribution >= 4 is 23.2 Å². The van der Waals surface area contributed by atoms with E-state index in [1.165, 1.54) is 16.9 Å². The maximum absolute atomic E-state index is 13.6. The number of amides is 1. The fourth-order valence-electron chi connectivity index (χ4n) is 3.56. The van der Waals surface area contributed by atoms with Crippen LogP contribution in [0.5, 0.6) is 11.5 Å². The monoisotopic (exact) mass is 482 g/mol. The Bertz CT molecular complexity index is 1090. The molecule has 0 radical (unpaired) electrons. The molecule has 34 heavy (non-hydrogen) atoms. The first-order valence-electron chi connectivity index (χ1n) is 11.1. The zero-order valence-electron chi connectivity index (χ0n) is 20.0. The van der Waals surface area contributed by atoms with E-state index in [2.05, 4.69) is 17.1 Å². The van der Waals surface area contributed by atoms with Gasteiger partial charge in [0.05, 0.1) is 27.4 Å². The number of aryl methyl sites for hydroxylation is 2. The molecule has 0 saturated heterocycles. The van der Waals surface area contributed by atoms with Crippen molar-refractivity contribution in [3.05, 3.63) is 75.2 Å². The Kier molecular flexibility index (Phi) is 9.04. The second kappa shape index (κ2) is 12.2. The van der Waals surface area contributed by atoms with Crippen molar-refractivity contribution in [2.75, 3.05) is 27.4 Å². The molecular formula is C26H30N2O5S. The van der Waals surface area contributed by atoms with Gasteiger partial charge in [-0.05, 0) is 44.4 Å². The molecule has 8 heteroatoms. The van der Waals surface area contributed by atoms with Gasteiger partial charge in [0, 0.05) is 23.1 Å². The summed E-state index contributed by atoms with van der Waals surface area (Å²) >= 11 is 1.40. The van der Waals surface area contributed by atoms with E-state index in [1.807, 2.05) is 25.1 Å². The van der Waals surface area contributed by atoms with Gasteiger partial charge in [-0.15, -0.1) is 11.3 Å². The summed E-state index contributed by atoms with van der Waals surface area (Å²) in [4.78, 5) is 32.8. The first-order chi connectivity index (χ1) is 16.4. The number of methoxy groups -OCH3 is 2. The summed E-state index contributed by atoms with van der Waals surface area (Å²) in [7, 11) is 3.10. The summed E-state index contributed by atoms with van der Waals surface area (Å²) in [6.45, 7) is 4.70. The third-order valence-electron chi connectivity index (χ3n) is 5.26. The zero-order chi connectivity index (χ0) is 24.5. The lowest BCUT2D eigenvalue weighted by molar-refractivity contribution is 0.0519. The van der Waals surface area contributed by atoms with Crippen LogP contribution in [0.25, 0.3) is 0 Å². The van der Waals surface area contributed by atoms with Gasteiger partial charge in [0.25, 0.3) is 5.91 Å². The van der Waals surface area contributed by atoms with Gasteiger partial charge in [0.1, 0.15) is 16.5 Å². The predicted octanol–water partition coefficient (Wildman–Crippen LogP) is 4.92. The molecule has 0 bridgehead atoms. The van der Waals surface area contributed by atoms with Crippen LogP contribution >= 0.6 is 11.3 Å². The van der Waals surface area contributed by atoms with Crippen molar-refractivity contribution in [3.63, 3.8) is 0 Å². The SMILES string of the molecule is CCOC(=O)c1nc(CN(CCCc2ccccc2)C(=O)c2cc(OC)cc(OC)c2)sc1C. The topological polar surface area (TPSA) is 78.0 Å². The van der Waals surface area contributed by atoms with Gasteiger partial charge in [-0.2, -0.15) is 0 Å². The highest BCUT2D eigenvalue weighted by atomic mass is 32.1. The smallest absolute Gasteiger partial charge is 0.358 e. The van der Waals surface area contributed by atoms with Crippen LogP contribution in [0.1, 0.15) is 49.6 Å². The standard InChI is InChI=1S/C26H30N2O5S/c1-5-33-26(30)24-18(2)34-23(27-24)17-28(13-9-12-19-10-7-6-8-11-19)25(29)20-14-21(31-3)16-22(15-20)32-4/h6-8,10-11,14-16H,5,9,12-13,17H2,1-4H3. The molecule has 0 spiro atoms. The van der Waals surface area contributed by atoms with Crippen LogP contribution in [0.2, 0.25) is 0 Å². The Labute approximate surface area is 204 Å². The number of carbonyl (C=O) groups excluding carboxylic acids is 2. The zero-order valence-corrected chi connectivity index (χ0v) is 20.8. The largest absolute Gasteiger partial charge is 0.497 e. The van der Waals surface area contributed by atoms with Gasteiger partial charge in [-0.3, -0.25) is 4.79 Å². The Balaban J connectivity index is 1.84. The average Bonchev–Trinajstić information content (AvgIpc) is 3.23. The third-order valence-corrected chi connectivity index (χ3v) is 6.21. The van der Waals surface area contributed by atoms with Crippen molar-refractivity contribution in [2.45, 2.75) is 33.2 Å². The molecule has 0 fully saturated rings. The first kappa shape index (κ1) is 25.2. The summed E-state index contributed by atoms with van der Waals surface area (Å²) in [6, 6.07) is 15.3. The number of carbonyl (C=O) groups is 2. The summed E-state index contributed by atoms with van der Waals surface area (Å²) in [5, 5.41) is 0.684. The fourth-order valence-corrected chi connectivity index (χ4v) is 4.49. The summed E-state index contributed by atoms with van der Waals surface area (Å²) < 4.78 is 15.8. The molecule has 3 aromatic rings. The number of ether oxygens (including phenoxy) is 3. The normalized spacial score (nSPS) is 10.6. The molecule has 1 heterocycles. The third kappa shape index (κ3) is 6.57. The number of aromatic nitrogens is 1. The first-order valence-corrected chi connectivity index (χ1v) is 12.0. The maximum Gasteiger partial charge on any atom is 0.358 e. The van der Waals surface area contributed by atoms with Crippen LogP contribution in [0.3, 0.4) is 0 Å². The molecule has 3 rings (SSSR count). The lowest BCUT2D eigenvalue weighted by Gasteiger charge is -2.22. The Morgan fingerprint density at radius 3 is 2.32 bits per heavy atom. The van der Waals surface area contributed by atoms with Gasteiger partial charge < -0.3 is 19.1 Å². The van der Waals surface area contributed by atoms with Crippen LogP contribution in [-0.4, -0.2) is 49.1 Å². The van der Waals surface area contributed by atoms with Crippen molar-refractivity contribution in [1.29, 1.82) is 0 Å². The van der Waals surface area contributed by atoms with E-state index in [4.69, 9.17) is 14.2 Å². The van der Waals surface area contributed by atoms with Crippen molar-refractivity contribution in [3.8, 4) is 11.5 Å². The Hall–Kier alpha value is -3.39. The lowest BCUT2D eigenvalue weighted by atomic mass is 10.1. The molecule has 7 nitrogen and oxygen atoms in total. The fraction of sp³-hybridized carbons (Fsp3) is 0.346. The minimum absolute atomic E-state index is 0.157. The number of hydrogen-bond acceptors (Lipinski definition) is 7. The number of thiazole rings is 1. The number of esters is 1. The number of rotatable bonds is 11. The van der Waals surface area contributed by atoms with Crippen LogP contribution in [-0.2, 0) is 17.7 Å². The van der Waals surface area contributed by atoms with Crippen LogP contribution in [0, 0.1) is 6.92 Å². The molecule has 0 aliphatic heterocycles. The second-order valence-electron chi connectivity index (χ2n) is 7.65. The second-order valence-corrected chi connectivity index (χ2v) is 8.94. The van der Waals surface area contributed by atoms with E-state index in [0.717, 1.165) is 17.7 Å². The van der Waals surface area contributed by atoms with Crippen LogP contribution < -0.4 is 9.47 Å².